The number of ether oxygens (including phenoxy) is 4. The molecule has 1 N–H and O–H groups in total. The normalized spacial score (nSPS) is 17.0. The van der Waals surface area contributed by atoms with Gasteiger partial charge in [-0.1, -0.05) is 24.3 Å². The van der Waals surface area contributed by atoms with Crippen LogP contribution in [0.15, 0.2) is 42.5 Å². The van der Waals surface area contributed by atoms with Crippen LogP contribution in [0, 0.1) is 0 Å². The Labute approximate surface area is 183 Å². The van der Waals surface area contributed by atoms with Crippen LogP contribution >= 0.6 is 0 Å². The molecule has 1 aliphatic rings. The summed E-state index contributed by atoms with van der Waals surface area (Å²) in [6, 6.07) is 12.7. The van der Waals surface area contributed by atoms with Crippen LogP contribution in [-0.4, -0.2) is 48.8 Å². The highest BCUT2D eigenvalue weighted by Crippen LogP contribution is 2.36. The molecule has 1 amide bonds. The van der Waals surface area contributed by atoms with Crippen molar-refractivity contribution in [2.45, 2.75) is 51.7 Å². The minimum absolute atomic E-state index is 0.372. The lowest BCUT2D eigenvalue weighted by Gasteiger charge is -2.39. The monoisotopic (exact) mass is 429 g/mol. The Morgan fingerprint density at radius 1 is 1.19 bits per heavy atom. The summed E-state index contributed by atoms with van der Waals surface area (Å²) in [7, 11) is 3.05. The van der Waals surface area contributed by atoms with Gasteiger partial charge in [-0.2, -0.15) is 0 Å². The van der Waals surface area contributed by atoms with Crippen molar-refractivity contribution in [2.24, 2.45) is 0 Å². The first-order chi connectivity index (χ1) is 14.7. The quantitative estimate of drug-likeness (QED) is 0.698. The summed E-state index contributed by atoms with van der Waals surface area (Å²) in [5.74, 6) is 1.48. The summed E-state index contributed by atoms with van der Waals surface area (Å²) in [6.07, 6.45) is -1.03. The number of aliphatic hydroxyl groups excluding tert-OH is 1. The Hall–Kier alpha value is -2.77. The summed E-state index contributed by atoms with van der Waals surface area (Å²) in [4.78, 5) is 14.3. The lowest BCUT2D eigenvalue weighted by molar-refractivity contribution is -0.128. The molecule has 2 atom stereocenters. The smallest absolute Gasteiger partial charge is 0.410 e. The van der Waals surface area contributed by atoms with Crippen molar-refractivity contribution in [3.63, 3.8) is 0 Å². The van der Waals surface area contributed by atoms with Crippen LogP contribution in [0.4, 0.5) is 4.79 Å². The van der Waals surface area contributed by atoms with E-state index in [0.29, 0.717) is 25.3 Å². The Bertz CT molecular complexity index is 907. The van der Waals surface area contributed by atoms with Crippen LogP contribution in [-0.2, 0) is 22.5 Å². The number of aliphatic hydroxyl groups is 1. The average Bonchev–Trinajstić information content (AvgIpc) is 2.75. The van der Waals surface area contributed by atoms with Crippen LogP contribution in [0.2, 0.25) is 0 Å². The third-order valence-electron chi connectivity index (χ3n) is 5.12. The molecule has 0 saturated carbocycles. The van der Waals surface area contributed by atoms with Gasteiger partial charge in [-0.05, 0) is 56.5 Å². The molecular weight excluding hydrogens is 398 g/mol. The molecule has 168 valence electrons. The van der Waals surface area contributed by atoms with Gasteiger partial charge < -0.3 is 24.1 Å². The molecule has 7 heteroatoms. The van der Waals surface area contributed by atoms with Gasteiger partial charge in [0.05, 0.1) is 7.11 Å². The number of benzene rings is 2. The van der Waals surface area contributed by atoms with Crippen molar-refractivity contribution in [1.29, 1.82) is 0 Å². The van der Waals surface area contributed by atoms with E-state index >= 15 is 0 Å². The Balaban J connectivity index is 1.81. The molecule has 0 fully saturated rings. The van der Waals surface area contributed by atoms with E-state index in [1.165, 1.54) is 12.0 Å². The number of carbonyl (C=O) groups is 1. The molecule has 3 rings (SSSR count). The number of fused-ring (bicyclic) bond motifs is 1. The summed E-state index contributed by atoms with van der Waals surface area (Å²) in [5, 5.41) is 10.5. The summed E-state index contributed by atoms with van der Waals surface area (Å²) < 4.78 is 22.1. The topological polar surface area (TPSA) is 77.5 Å². The molecule has 0 aliphatic carbocycles. The third kappa shape index (κ3) is 5.48. The highest BCUT2D eigenvalue weighted by Gasteiger charge is 2.38. The molecule has 7 nitrogen and oxygen atoms in total. The number of nitrogens with zero attached hydrogens (tertiary/aromatic N) is 1. The first kappa shape index (κ1) is 22.9. The van der Waals surface area contributed by atoms with Crippen molar-refractivity contribution in [1.82, 2.24) is 4.90 Å². The lowest BCUT2D eigenvalue weighted by Crippen LogP contribution is -2.47. The molecule has 1 heterocycles. The van der Waals surface area contributed by atoms with E-state index in [4.69, 9.17) is 18.9 Å². The maximum atomic E-state index is 12.7. The molecule has 31 heavy (non-hydrogen) atoms. The molecule has 0 bridgehead atoms. The number of amides is 1. The van der Waals surface area contributed by atoms with Crippen LogP contribution in [0.5, 0.6) is 11.5 Å². The van der Waals surface area contributed by atoms with E-state index in [-0.39, 0.29) is 0 Å². The average molecular weight is 430 g/mol. The molecule has 2 aromatic rings. The van der Waals surface area contributed by atoms with E-state index in [0.717, 1.165) is 22.4 Å². The minimum atomic E-state index is -1.17. The molecule has 1 aliphatic heterocycles. The molecule has 0 aromatic heterocycles. The summed E-state index contributed by atoms with van der Waals surface area (Å²) in [6.45, 7) is 6.22. The van der Waals surface area contributed by atoms with E-state index in [9.17, 15) is 9.90 Å². The molecule has 0 saturated heterocycles. The van der Waals surface area contributed by atoms with Crippen molar-refractivity contribution in [3.8, 4) is 11.5 Å². The van der Waals surface area contributed by atoms with Gasteiger partial charge in [-0.25, -0.2) is 4.79 Å². The molecule has 0 spiro atoms. The molecular formula is C24H31NO6. The van der Waals surface area contributed by atoms with E-state index in [1.807, 2.05) is 63.2 Å². The standard InChI is InChI=1S/C24H31NO6/c1-24(2,3)31-23(27)25-13-12-16-14-18(10-11-19(16)21(25)22(26)29-5)30-15-17-8-6-7-9-20(17)28-4/h6-11,14,21-22,26H,12-13,15H2,1-5H3/t21-,22?/m1/s1. The van der Waals surface area contributed by atoms with Crippen LogP contribution < -0.4 is 9.47 Å². The molecule has 0 radical (unpaired) electrons. The third-order valence-corrected chi connectivity index (χ3v) is 5.12. The summed E-state index contributed by atoms with van der Waals surface area (Å²) in [5.41, 5.74) is 2.14. The van der Waals surface area contributed by atoms with E-state index in [1.54, 1.807) is 7.11 Å². The second-order valence-corrected chi connectivity index (χ2v) is 8.46. The zero-order valence-corrected chi connectivity index (χ0v) is 18.8. The fraction of sp³-hybridized carbons (Fsp3) is 0.458. The number of para-hydroxylation sites is 1. The van der Waals surface area contributed by atoms with Crippen LogP contribution in [0.3, 0.4) is 0 Å². The van der Waals surface area contributed by atoms with Gasteiger partial charge in [0.25, 0.3) is 0 Å². The Kier molecular flexibility index (Phi) is 7.08. The zero-order chi connectivity index (χ0) is 22.6. The van der Waals surface area contributed by atoms with Gasteiger partial charge in [0, 0.05) is 19.2 Å². The van der Waals surface area contributed by atoms with Crippen LogP contribution in [0.1, 0.15) is 43.5 Å². The van der Waals surface area contributed by atoms with E-state index < -0.39 is 24.0 Å². The predicted octanol–water partition coefficient (Wildman–Crippen LogP) is 4.07. The Morgan fingerprint density at radius 2 is 1.94 bits per heavy atom. The molecule has 1 unspecified atom stereocenters. The highest BCUT2D eigenvalue weighted by atomic mass is 16.6. The minimum Gasteiger partial charge on any atom is -0.496 e. The van der Waals surface area contributed by atoms with Gasteiger partial charge in [0.2, 0.25) is 0 Å². The Morgan fingerprint density at radius 3 is 2.61 bits per heavy atom. The number of hydrogen-bond donors (Lipinski definition) is 1. The van der Waals surface area contributed by atoms with Gasteiger partial charge in [0.1, 0.15) is 29.7 Å². The fourth-order valence-electron chi connectivity index (χ4n) is 3.67. The van der Waals surface area contributed by atoms with Gasteiger partial charge in [-0.3, -0.25) is 4.90 Å². The number of methoxy groups -OCH3 is 2. The maximum Gasteiger partial charge on any atom is 0.410 e. The molecule has 2 aromatic carbocycles. The first-order valence-corrected chi connectivity index (χ1v) is 10.3. The maximum absolute atomic E-state index is 12.7. The zero-order valence-electron chi connectivity index (χ0n) is 18.8. The second kappa shape index (κ2) is 9.58. The van der Waals surface area contributed by atoms with Gasteiger partial charge >= 0.3 is 6.09 Å². The largest absolute Gasteiger partial charge is 0.496 e. The van der Waals surface area contributed by atoms with Crippen molar-refractivity contribution >= 4 is 6.09 Å². The first-order valence-electron chi connectivity index (χ1n) is 10.3. The number of hydrogen-bond acceptors (Lipinski definition) is 6. The predicted molar refractivity (Wildman–Crippen MR) is 116 cm³/mol. The lowest BCUT2D eigenvalue weighted by atomic mass is 9.92. The van der Waals surface area contributed by atoms with Crippen molar-refractivity contribution < 1.29 is 28.8 Å². The SMILES string of the molecule is COc1ccccc1COc1ccc2c(c1)CCN(C(=O)OC(C)(C)C)[C@H]2C(O)OC. The fourth-order valence-corrected chi connectivity index (χ4v) is 3.67. The number of rotatable bonds is 6. The van der Waals surface area contributed by atoms with Gasteiger partial charge in [-0.15, -0.1) is 0 Å². The van der Waals surface area contributed by atoms with E-state index in [2.05, 4.69) is 0 Å². The van der Waals surface area contributed by atoms with Crippen molar-refractivity contribution in [2.75, 3.05) is 20.8 Å². The van der Waals surface area contributed by atoms with Crippen LogP contribution in [0.25, 0.3) is 0 Å². The van der Waals surface area contributed by atoms with Gasteiger partial charge in [0.15, 0.2) is 6.29 Å². The number of carbonyl (C=O) groups excluding carboxylic acids is 1. The highest BCUT2D eigenvalue weighted by molar-refractivity contribution is 5.69. The second-order valence-electron chi connectivity index (χ2n) is 8.46. The van der Waals surface area contributed by atoms with Crippen molar-refractivity contribution in [3.05, 3.63) is 59.2 Å². The summed E-state index contributed by atoms with van der Waals surface area (Å²) >= 11 is 0.